The number of aromatic nitrogens is 2. The number of carbonyl (C=O) groups excluding carboxylic acids is 1. The van der Waals surface area contributed by atoms with Crippen molar-refractivity contribution in [3.8, 4) is 11.5 Å². The van der Waals surface area contributed by atoms with Crippen LogP contribution in [0, 0.1) is 0 Å². The van der Waals surface area contributed by atoms with Crippen molar-refractivity contribution in [2.75, 3.05) is 18.6 Å². The van der Waals surface area contributed by atoms with Gasteiger partial charge in [-0.15, -0.1) is 0 Å². The van der Waals surface area contributed by atoms with Gasteiger partial charge < -0.3 is 19.7 Å². The van der Waals surface area contributed by atoms with E-state index in [2.05, 4.69) is 20.7 Å². The summed E-state index contributed by atoms with van der Waals surface area (Å²) in [5.74, 6) is 0.772. The Bertz CT molecular complexity index is 1070. The molecule has 0 aliphatic heterocycles. The molecule has 3 aromatic rings. The second kappa shape index (κ2) is 12.5. The van der Waals surface area contributed by atoms with Crippen LogP contribution >= 0.6 is 18.7 Å². The van der Waals surface area contributed by atoms with Crippen molar-refractivity contribution >= 4 is 35.9 Å². The molecule has 0 saturated heterocycles. The third kappa shape index (κ3) is 8.61. The lowest BCUT2D eigenvalue weighted by Crippen LogP contribution is -2.17. The van der Waals surface area contributed by atoms with Crippen molar-refractivity contribution in [3.05, 3.63) is 58.5 Å². The number of ether oxygens (including phenoxy) is 2. The summed E-state index contributed by atoms with van der Waals surface area (Å²) in [4.78, 5) is 30.2. The summed E-state index contributed by atoms with van der Waals surface area (Å²) in [7, 11) is -3.50. The number of hydrogen-bond acceptors (Lipinski definition) is 7. The number of amides is 1. The molecule has 8 nitrogen and oxygen atoms in total. The zero-order chi connectivity index (χ0) is 24.4. The van der Waals surface area contributed by atoms with Gasteiger partial charge in [0.1, 0.15) is 16.9 Å². The first-order chi connectivity index (χ1) is 15.7. The van der Waals surface area contributed by atoms with Crippen molar-refractivity contribution in [2.45, 2.75) is 40.2 Å². The van der Waals surface area contributed by atoms with Gasteiger partial charge in [-0.05, 0) is 48.4 Å². The summed E-state index contributed by atoms with van der Waals surface area (Å²) in [5.41, 5.74) is 1.50. The largest absolute Gasteiger partial charge is 0.493 e. The highest BCUT2D eigenvalue weighted by atomic mass is 32.1. The van der Waals surface area contributed by atoms with Crippen LogP contribution in [-0.2, 0) is 11.0 Å². The summed E-state index contributed by atoms with van der Waals surface area (Å²) < 4.78 is 23.2. The first-order valence-electron chi connectivity index (χ1n) is 10.6. The minimum atomic E-state index is -3.50. The van der Waals surface area contributed by atoms with Crippen LogP contribution in [0.15, 0.2) is 47.4 Å². The van der Waals surface area contributed by atoms with E-state index < -0.39 is 13.3 Å². The molecule has 2 N–H and O–H groups in total. The molecule has 0 radical (unpaired) electrons. The Kier molecular flexibility index (Phi) is 10.0. The van der Waals surface area contributed by atoms with E-state index in [-0.39, 0.29) is 17.4 Å². The molecule has 178 valence electrons. The molecule has 0 fully saturated rings. The van der Waals surface area contributed by atoms with Crippen LogP contribution in [0.1, 0.15) is 43.6 Å². The molecule has 1 amide bonds. The number of nitrogens with one attached hydrogen (secondary N) is 1. The fourth-order valence-electron chi connectivity index (χ4n) is 2.64. The lowest BCUT2D eigenvalue weighted by molar-refractivity contribution is 0.102. The van der Waals surface area contributed by atoms with E-state index in [1.54, 1.807) is 29.5 Å². The first-order valence-corrected chi connectivity index (χ1v) is 13.7. The molecule has 0 bridgehead atoms. The summed E-state index contributed by atoms with van der Waals surface area (Å²) >= 11 is 1.64. The van der Waals surface area contributed by atoms with Crippen LogP contribution in [-0.4, -0.2) is 40.1 Å². The first kappa shape index (κ1) is 26.5. The van der Waals surface area contributed by atoms with Crippen molar-refractivity contribution in [1.29, 1.82) is 0 Å². The van der Waals surface area contributed by atoms with Crippen molar-refractivity contribution in [2.24, 2.45) is 0 Å². The van der Waals surface area contributed by atoms with Crippen molar-refractivity contribution in [3.63, 3.8) is 0 Å². The van der Waals surface area contributed by atoms with E-state index in [0.717, 1.165) is 6.42 Å². The van der Waals surface area contributed by atoms with Gasteiger partial charge in [0, 0.05) is 24.7 Å². The average Bonchev–Trinajstić information content (AvgIpc) is 3.28. The minimum absolute atomic E-state index is 0.0286. The number of hydrogen-bond donors (Lipinski definition) is 2. The lowest BCUT2D eigenvalue weighted by Gasteiger charge is -2.14. The maximum Gasteiger partial charge on any atom is 0.257 e. The molecule has 0 aliphatic rings. The van der Waals surface area contributed by atoms with Crippen molar-refractivity contribution < 1.29 is 23.7 Å². The highest BCUT2D eigenvalue weighted by Gasteiger charge is 2.17. The Morgan fingerprint density at radius 3 is 2.48 bits per heavy atom. The third-order valence-corrected chi connectivity index (χ3v) is 5.87. The lowest BCUT2D eigenvalue weighted by atomic mass is 10.2. The predicted molar refractivity (Wildman–Crippen MR) is 132 cm³/mol. The van der Waals surface area contributed by atoms with Crippen LogP contribution in [0.25, 0.3) is 0 Å². The van der Waals surface area contributed by atoms with Crippen LogP contribution in [0.4, 0.5) is 5.82 Å². The molecule has 0 saturated carbocycles. The van der Waals surface area contributed by atoms with Gasteiger partial charge in [-0.2, -0.15) is 11.3 Å². The molecule has 1 aromatic carbocycles. The minimum Gasteiger partial charge on any atom is -0.493 e. The predicted octanol–water partition coefficient (Wildman–Crippen LogP) is 4.75. The van der Waals surface area contributed by atoms with Gasteiger partial charge in [0.05, 0.1) is 25.1 Å². The monoisotopic (exact) mass is 491 g/mol. The number of rotatable bonds is 9. The molecule has 10 heteroatoms. The molecule has 1 unspecified atom stereocenters. The van der Waals surface area contributed by atoms with E-state index >= 15 is 0 Å². The molecule has 2 heterocycles. The Labute approximate surface area is 198 Å². The molecule has 0 spiro atoms. The Morgan fingerprint density at radius 2 is 1.91 bits per heavy atom. The molecular weight excluding hydrogens is 461 g/mol. The van der Waals surface area contributed by atoms with Crippen LogP contribution < -0.4 is 20.2 Å². The van der Waals surface area contributed by atoms with Gasteiger partial charge in [0.15, 0.2) is 5.82 Å². The summed E-state index contributed by atoms with van der Waals surface area (Å²) in [6.45, 7) is 9.44. The van der Waals surface area contributed by atoms with Gasteiger partial charge in [0.25, 0.3) is 5.91 Å². The maximum atomic E-state index is 12.8. The average molecular weight is 492 g/mol. The zero-order valence-corrected chi connectivity index (χ0v) is 21.2. The van der Waals surface area contributed by atoms with E-state index in [9.17, 15) is 14.3 Å². The molecule has 2 aromatic heterocycles. The zero-order valence-electron chi connectivity index (χ0n) is 19.4. The highest BCUT2D eigenvalue weighted by Crippen LogP contribution is 2.32. The summed E-state index contributed by atoms with van der Waals surface area (Å²) in [6, 6.07) is 7.05. The Balaban J connectivity index is 0.00000187. The SMILES string of the molecule is CC.CC(C)Oc1cc(OCCc2ccsc2)cc(C(=O)Nc2cnc(P(C)(=O)O)cn2)c1. The smallest absolute Gasteiger partial charge is 0.257 e. The fourth-order valence-corrected chi connectivity index (χ4v) is 3.88. The molecule has 33 heavy (non-hydrogen) atoms. The van der Waals surface area contributed by atoms with Crippen LogP contribution in [0.3, 0.4) is 0 Å². The number of anilines is 1. The van der Waals surface area contributed by atoms with Gasteiger partial charge in [0.2, 0.25) is 7.37 Å². The normalized spacial score (nSPS) is 12.3. The Morgan fingerprint density at radius 1 is 1.18 bits per heavy atom. The standard InChI is InChI=1S/C21H24N3O5PS.C2H6/c1-14(2)29-18-9-16(8-17(10-18)28-6-4-15-5-7-31-13-15)21(25)24-19-11-23-20(12-22-19)30(3,26)27;1-2/h5,7-14H,4,6H2,1-3H3,(H,26,27)(H,22,24,25);1-2H3. The summed E-state index contributed by atoms with van der Waals surface area (Å²) in [5, 5.41) is 6.72. The number of nitrogens with zero attached hydrogens (tertiary/aromatic N) is 2. The Hall–Kier alpha value is -2.74. The topological polar surface area (TPSA) is 111 Å². The second-order valence-corrected chi connectivity index (χ2v) is 10.2. The summed E-state index contributed by atoms with van der Waals surface area (Å²) in [6.07, 6.45) is 3.10. The second-order valence-electron chi connectivity index (χ2n) is 7.18. The highest BCUT2D eigenvalue weighted by molar-refractivity contribution is 7.65. The molecule has 0 aliphatic carbocycles. The van der Waals surface area contributed by atoms with E-state index in [1.165, 1.54) is 24.6 Å². The quantitative estimate of drug-likeness (QED) is 0.416. The van der Waals surface area contributed by atoms with Crippen LogP contribution in [0.5, 0.6) is 11.5 Å². The van der Waals surface area contributed by atoms with E-state index in [0.29, 0.717) is 23.7 Å². The number of carbonyl (C=O) groups is 1. The van der Waals surface area contributed by atoms with E-state index in [1.807, 2.05) is 39.1 Å². The van der Waals surface area contributed by atoms with Gasteiger partial charge in [-0.25, -0.2) is 9.97 Å². The van der Waals surface area contributed by atoms with Crippen LogP contribution in [0.2, 0.25) is 0 Å². The van der Waals surface area contributed by atoms with Gasteiger partial charge in [-0.1, -0.05) is 13.8 Å². The number of benzene rings is 1. The number of thiophene rings is 1. The molecule has 1 atom stereocenters. The third-order valence-electron chi connectivity index (χ3n) is 4.06. The van der Waals surface area contributed by atoms with Gasteiger partial charge >= 0.3 is 0 Å². The van der Waals surface area contributed by atoms with E-state index in [4.69, 9.17) is 9.47 Å². The molecular formula is C23H30N3O5PS. The molecule has 3 rings (SSSR count). The van der Waals surface area contributed by atoms with Gasteiger partial charge in [-0.3, -0.25) is 9.36 Å². The maximum absolute atomic E-state index is 12.8. The fraction of sp³-hybridized carbons (Fsp3) is 0.348. The van der Waals surface area contributed by atoms with Crippen molar-refractivity contribution in [1.82, 2.24) is 9.97 Å².